The van der Waals surface area contributed by atoms with Crippen molar-refractivity contribution in [1.82, 2.24) is 16.2 Å². The maximum atomic E-state index is 12.3. The number of nitrogens with one attached hydrogen (secondary N) is 3. The van der Waals surface area contributed by atoms with Crippen LogP contribution in [0.3, 0.4) is 0 Å². The van der Waals surface area contributed by atoms with Gasteiger partial charge in [0.05, 0.1) is 11.5 Å². The molecule has 5 fully saturated rings. The molecular weight excluding hydrogens is 342 g/mol. The van der Waals surface area contributed by atoms with Gasteiger partial charge in [0, 0.05) is 12.5 Å². The molecule has 1 aliphatic heterocycles. The van der Waals surface area contributed by atoms with Crippen LogP contribution in [0.2, 0.25) is 0 Å². The van der Waals surface area contributed by atoms with E-state index < -0.39 is 15.9 Å². The van der Waals surface area contributed by atoms with Crippen LogP contribution in [0.4, 0.5) is 4.79 Å². The zero-order chi connectivity index (χ0) is 17.7. The molecule has 8 heteroatoms. The Morgan fingerprint density at radius 3 is 2.08 bits per heavy atom. The molecule has 3 amide bonds. The molecule has 140 valence electrons. The van der Waals surface area contributed by atoms with Crippen molar-refractivity contribution < 1.29 is 18.0 Å². The Morgan fingerprint density at radius 2 is 1.56 bits per heavy atom. The average Bonchev–Trinajstić information content (AvgIpc) is 2.82. The summed E-state index contributed by atoms with van der Waals surface area (Å²) in [6.07, 6.45) is 8.38. The second-order valence-electron chi connectivity index (χ2n) is 8.84. The van der Waals surface area contributed by atoms with Crippen LogP contribution in [-0.4, -0.2) is 37.9 Å². The van der Waals surface area contributed by atoms with Gasteiger partial charge in [-0.05, 0) is 68.1 Å². The summed E-state index contributed by atoms with van der Waals surface area (Å²) in [6.45, 7) is 0. The van der Waals surface area contributed by atoms with Crippen LogP contribution in [0, 0.1) is 23.2 Å². The zero-order valence-electron chi connectivity index (χ0n) is 14.4. The van der Waals surface area contributed by atoms with Gasteiger partial charge in [-0.15, -0.1) is 0 Å². The third-order valence-electron chi connectivity index (χ3n) is 6.58. The molecule has 25 heavy (non-hydrogen) atoms. The van der Waals surface area contributed by atoms with Gasteiger partial charge < -0.3 is 5.32 Å². The summed E-state index contributed by atoms with van der Waals surface area (Å²) in [4.78, 5) is 24.2. The highest BCUT2D eigenvalue weighted by atomic mass is 32.2. The Hall–Kier alpha value is -1.31. The lowest BCUT2D eigenvalue weighted by Gasteiger charge is -2.56. The van der Waals surface area contributed by atoms with Crippen molar-refractivity contribution in [1.29, 1.82) is 0 Å². The standard InChI is InChI=1S/C17H27N3O4S/c21-15(19-20-16(22)18-14-1-2-25(23,24)10-14)9-17-6-11-3-12(7-17)5-13(4-11)8-17/h11-14H,1-10H2,(H,19,21)(H2,18,20,22)/t11?,12?,13?,14-,17?/m1/s1. The summed E-state index contributed by atoms with van der Waals surface area (Å²) < 4.78 is 22.8. The molecule has 4 bridgehead atoms. The average molecular weight is 369 g/mol. The number of amides is 3. The normalized spacial score (nSPS) is 40.6. The van der Waals surface area contributed by atoms with Gasteiger partial charge in [0.15, 0.2) is 9.84 Å². The van der Waals surface area contributed by atoms with Crippen LogP contribution in [0.15, 0.2) is 0 Å². The summed E-state index contributed by atoms with van der Waals surface area (Å²) in [7, 11) is -3.03. The second-order valence-corrected chi connectivity index (χ2v) is 11.1. The van der Waals surface area contributed by atoms with Crippen LogP contribution < -0.4 is 16.2 Å². The zero-order valence-corrected chi connectivity index (χ0v) is 15.2. The van der Waals surface area contributed by atoms with Crippen molar-refractivity contribution in [3.05, 3.63) is 0 Å². The predicted molar refractivity (Wildman–Crippen MR) is 92.1 cm³/mol. The molecule has 5 aliphatic rings. The van der Waals surface area contributed by atoms with Gasteiger partial charge in [0.25, 0.3) is 0 Å². The number of hydrazine groups is 1. The van der Waals surface area contributed by atoms with Crippen LogP contribution in [0.25, 0.3) is 0 Å². The first-order valence-corrected chi connectivity index (χ1v) is 11.2. The minimum absolute atomic E-state index is 0.0261. The fourth-order valence-corrected chi connectivity index (χ4v) is 7.82. The molecule has 0 radical (unpaired) electrons. The molecule has 3 N–H and O–H groups in total. The Kier molecular flexibility index (Phi) is 4.21. The van der Waals surface area contributed by atoms with E-state index in [-0.39, 0.29) is 28.9 Å². The first-order chi connectivity index (χ1) is 11.8. The van der Waals surface area contributed by atoms with Gasteiger partial charge >= 0.3 is 6.03 Å². The summed E-state index contributed by atoms with van der Waals surface area (Å²) >= 11 is 0. The molecule has 0 spiro atoms. The molecule has 1 saturated heterocycles. The molecule has 5 rings (SSSR count). The van der Waals surface area contributed by atoms with Crippen LogP contribution in [0.5, 0.6) is 0 Å². The summed E-state index contributed by atoms with van der Waals surface area (Å²) in [5.74, 6) is 2.31. The Morgan fingerprint density at radius 1 is 0.960 bits per heavy atom. The molecule has 0 aromatic rings. The molecule has 4 aliphatic carbocycles. The minimum atomic E-state index is -3.03. The van der Waals surface area contributed by atoms with E-state index in [0.29, 0.717) is 12.8 Å². The lowest BCUT2D eigenvalue weighted by Crippen LogP contribution is -2.52. The van der Waals surface area contributed by atoms with Gasteiger partial charge in [-0.2, -0.15) is 0 Å². The quantitative estimate of drug-likeness (QED) is 0.648. The summed E-state index contributed by atoms with van der Waals surface area (Å²) in [5.41, 5.74) is 5.01. The minimum Gasteiger partial charge on any atom is -0.333 e. The predicted octanol–water partition coefficient (Wildman–Crippen LogP) is 1.11. The number of rotatable bonds is 3. The van der Waals surface area contributed by atoms with Crippen molar-refractivity contribution in [2.24, 2.45) is 23.2 Å². The van der Waals surface area contributed by atoms with E-state index in [1.54, 1.807) is 0 Å². The van der Waals surface area contributed by atoms with Crippen molar-refractivity contribution in [2.75, 3.05) is 11.5 Å². The summed E-state index contributed by atoms with van der Waals surface area (Å²) in [6, 6.07) is -0.911. The van der Waals surface area contributed by atoms with Gasteiger partial charge in [-0.3, -0.25) is 10.2 Å². The molecule has 0 aromatic carbocycles. The highest BCUT2D eigenvalue weighted by molar-refractivity contribution is 7.91. The monoisotopic (exact) mass is 369 g/mol. The van der Waals surface area contributed by atoms with Gasteiger partial charge in [-0.25, -0.2) is 18.6 Å². The van der Waals surface area contributed by atoms with Crippen LogP contribution in [0.1, 0.15) is 51.4 Å². The van der Waals surface area contributed by atoms with E-state index >= 15 is 0 Å². The maximum Gasteiger partial charge on any atom is 0.333 e. The van der Waals surface area contributed by atoms with Crippen LogP contribution in [-0.2, 0) is 14.6 Å². The number of carbonyl (C=O) groups excluding carboxylic acids is 2. The smallest absolute Gasteiger partial charge is 0.333 e. The van der Waals surface area contributed by atoms with Crippen molar-refractivity contribution in [2.45, 2.75) is 57.4 Å². The molecule has 0 aromatic heterocycles. The Bertz CT molecular complexity index is 640. The van der Waals surface area contributed by atoms with Gasteiger partial charge in [-0.1, -0.05) is 0 Å². The number of hydrogen-bond acceptors (Lipinski definition) is 4. The highest BCUT2D eigenvalue weighted by Gasteiger charge is 2.51. The Labute approximate surface area is 148 Å². The summed E-state index contributed by atoms with van der Waals surface area (Å²) in [5, 5.41) is 2.61. The van der Waals surface area contributed by atoms with E-state index in [1.807, 2.05) is 0 Å². The molecule has 7 nitrogen and oxygen atoms in total. The maximum absolute atomic E-state index is 12.3. The SMILES string of the molecule is O=C(CC12CC3CC(CC(C3)C1)C2)NNC(=O)N[C@@H]1CCS(=O)(=O)C1. The van der Waals surface area contributed by atoms with Crippen molar-refractivity contribution >= 4 is 21.8 Å². The Balaban J connectivity index is 1.24. The third-order valence-corrected chi connectivity index (χ3v) is 8.35. The molecule has 0 unspecified atom stereocenters. The lowest BCUT2D eigenvalue weighted by atomic mass is 9.49. The lowest BCUT2D eigenvalue weighted by molar-refractivity contribution is -0.130. The highest BCUT2D eigenvalue weighted by Crippen LogP contribution is 2.61. The topological polar surface area (TPSA) is 104 Å². The number of sulfone groups is 1. The van der Waals surface area contributed by atoms with Crippen LogP contribution >= 0.6 is 0 Å². The van der Waals surface area contributed by atoms with E-state index in [2.05, 4.69) is 16.2 Å². The molecule has 4 saturated carbocycles. The van der Waals surface area contributed by atoms with Gasteiger partial charge in [0.1, 0.15) is 0 Å². The number of hydrogen-bond donors (Lipinski definition) is 3. The first-order valence-electron chi connectivity index (χ1n) is 9.37. The fraction of sp³-hybridized carbons (Fsp3) is 0.882. The molecule has 1 heterocycles. The largest absolute Gasteiger partial charge is 0.333 e. The molecule has 1 atom stereocenters. The first kappa shape index (κ1) is 17.1. The molecular formula is C17H27N3O4S. The van der Waals surface area contributed by atoms with E-state index in [4.69, 9.17) is 0 Å². The second kappa shape index (κ2) is 6.14. The van der Waals surface area contributed by atoms with E-state index in [9.17, 15) is 18.0 Å². The van der Waals surface area contributed by atoms with Gasteiger partial charge in [0.2, 0.25) is 5.91 Å². The fourth-order valence-electron chi connectivity index (χ4n) is 6.15. The third kappa shape index (κ3) is 3.78. The van der Waals surface area contributed by atoms with Crippen molar-refractivity contribution in [3.63, 3.8) is 0 Å². The number of carbonyl (C=O) groups is 2. The van der Waals surface area contributed by atoms with Crippen molar-refractivity contribution in [3.8, 4) is 0 Å². The van der Waals surface area contributed by atoms with E-state index in [1.165, 1.54) is 19.3 Å². The van der Waals surface area contributed by atoms with E-state index in [0.717, 1.165) is 37.0 Å². The number of urea groups is 1.